The van der Waals surface area contributed by atoms with Gasteiger partial charge in [-0.3, -0.25) is 14.4 Å². The molecule has 0 aromatic heterocycles. The Labute approximate surface area is 80.8 Å². The maximum Gasteiger partial charge on any atom is 0.329 e. The maximum atomic E-state index is 11.6. The molecular formula is C9H11NO4. The van der Waals surface area contributed by atoms with Crippen LogP contribution in [0, 0.1) is 5.41 Å². The molecule has 0 bridgehead atoms. The molecule has 2 rings (SSSR count). The van der Waals surface area contributed by atoms with E-state index in [0.717, 1.165) is 6.42 Å². The van der Waals surface area contributed by atoms with Crippen molar-refractivity contribution >= 4 is 17.8 Å². The number of cyclic esters (lactones) is 2. The minimum atomic E-state index is -1.08. The van der Waals surface area contributed by atoms with E-state index in [-0.39, 0.29) is 18.7 Å². The summed E-state index contributed by atoms with van der Waals surface area (Å²) in [6.07, 6.45) is 1.69. The Morgan fingerprint density at radius 2 is 2.00 bits per heavy atom. The number of hydrogen-bond acceptors (Lipinski definition) is 4. The van der Waals surface area contributed by atoms with Crippen LogP contribution in [0.15, 0.2) is 0 Å². The summed E-state index contributed by atoms with van der Waals surface area (Å²) in [7, 11) is 0. The molecule has 1 amide bonds. The highest BCUT2D eigenvalue weighted by Gasteiger charge is 2.51. The fourth-order valence-corrected chi connectivity index (χ4v) is 1.98. The van der Waals surface area contributed by atoms with E-state index in [1.54, 1.807) is 0 Å². The molecule has 2 fully saturated rings. The van der Waals surface area contributed by atoms with Gasteiger partial charge >= 0.3 is 11.9 Å². The molecule has 0 saturated carbocycles. The van der Waals surface area contributed by atoms with Crippen LogP contribution in [-0.4, -0.2) is 24.4 Å². The summed E-state index contributed by atoms with van der Waals surface area (Å²) in [5.74, 6) is -1.49. The highest BCUT2D eigenvalue weighted by Crippen LogP contribution is 2.37. The lowest BCUT2D eigenvalue weighted by Gasteiger charge is -2.35. The first kappa shape index (κ1) is 9.18. The zero-order chi connectivity index (χ0) is 10.2. The first-order valence-electron chi connectivity index (χ1n) is 4.68. The Morgan fingerprint density at radius 3 is 2.64 bits per heavy atom. The third-order valence-electron chi connectivity index (χ3n) is 2.85. The molecule has 1 unspecified atom stereocenters. The van der Waals surface area contributed by atoms with Crippen LogP contribution >= 0.6 is 0 Å². The van der Waals surface area contributed by atoms with Gasteiger partial charge in [-0.2, -0.15) is 0 Å². The van der Waals surface area contributed by atoms with Gasteiger partial charge in [-0.05, 0) is 19.3 Å². The van der Waals surface area contributed by atoms with Gasteiger partial charge in [0.05, 0.1) is 0 Å². The quantitative estimate of drug-likeness (QED) is 0.429. The summed E-state index contributed by atoms with van der Waals surface area (Å²) in [5.41, 5.74) is -1.08. The van der Waals surface area contributed by atoms with Crippen molar-refractivity contribution in [3.63, 3.8) is 0 Å². The van der Waals surface area contributed by atoms with Crippen LogP contribution in [-0.2, 0) is 19.1 Å². The molecule has 14 heavy (non-hydrogen) atoms. The minimum absolute atomic E-state index is 0.152. The molecule has 1 N–H and O–H groups in total. The number of rotatable bonds is 0. The molecule has 2 aliphatic rings. The van der Waals surface area contributed by atoms with Gasteiger partial charge in [-0.25, -0.2) is 0 Å². The van der Waals surface area contributed by atoms with E-state index in [2.05, 4.69) is 10.1 Å². The first-order chi connectivity index (χ1) is 6.65. The fourth-order valence-electron chi connectivity index (χ4n) is 1.98. The Hall–Kier alpha value is -1.39. The van der Waals surface area contributed by atoms with Crippen molar-refractivity contribution in [3.05, 3.63) is 0 Å². The lowest BCUT2D eigenvalue weighted by Crippen LogP contribution is -2.53. The summed E-state index contributed by atoms with van der Waals surface area (Å²) in [6, 6.07) is 0. The highest BCUT2D eigenvalue weighted by atomic mass is 16.6. The molecule has 0 aromatic rings. The Balaban J connectivity index is 2.25. The Bertz CT molecular complexity index is 312. The van der Waals surface area contributed by atoms with Crippen LogP contribution in [0.25, 0.3) is 0 Å². The Kier molecular flexibility index (Phi) is 2.02. The van der Waals surface area contributed by atoms with Crippen molar-refractivity contribution in [1.82, 2.24) is 5.32 Å². The van der Waals surface area contributed by atoms with Gasteiger partial charge in [0.15, 0.2) is 0 Å². The third-order valence-corrected chi connectivity index (χ3v) is 2.85. The van der Waals surface area contributed by atoms with E-state index in [1.165, 1.54) is 0 Å². The maximum absolute atomic E-state index is 11.6. The van der Waals surface area contributed by atoms with Crippen molar-refractivity contribution in [2.45, 2.75) is 25.7 Å². The zero-order valence-electron chi connectivity index (χ0n) is 7.67. The van der Waals surface area contributed by atoms with Gasteiger partial charge < -0.3 is 10.1 Å². The monoisotopic (exact) mass is 197 g/mol. The standard InChI is InChI=1S/C9H11NO4/c11-6-2-4-9(8(13)14-6)3-1-5-10-7(9)12/h1-5H2,(H,10,12). The van der Waals surface area contributed by atoms with E-state index in [9.17, 15) is 14.4 Å². The van der Waals surface area contributed by atoms with Gasteiger partial charge in [0.25, 0.3) is 0 Å². The second-order valence-electron chi connectivity index (χ2n) is 3.70. The van der Waals surface area contributed by atoms with Gasteiger partial charge in [-0.1, -0.05) is 0 Å². The molecule has 5 heteroatoms. The van der Waals surface area contributed by atoms with Crippen molar-refractivity contribution in [1.29, 1.82) is 0 Å². The number of amides is 1. The number of hydrogen-bond donors (Lipinski definition) is 1. The molecule has 2 saturated heterocycles. The van der Waals surface area contributed by atoms with Crippen molar-refractivity contribution in [2.24, 2.45) is 5.41 Å². The van der Waals surface area contributed by atoms with Crippen LogP contribution in [0.1, 0.15) is 25.7 Å². The number of piperidine rings is 1. The number of carbonyl (C=O) groups excluding carboxylic acids is 3. The Morgan fingerprint density at radius 1 is 1.21 bits per heavy atom. The van der Waals surface area contributed by atoms with Crippen molar-refractivity contribution < 1.29 is 19.1 Å². The summed E-state index contributed by atoms with van der Waals surface area (Å²) in [5, 5.41) is 2.64. The van der Waals surface area contributed by atoms with Crippen LogP contribution in [0.3, 0.4) is 0 Å². The van der Waals surface area contributed by atoms with Gasteiger partial charge in [0, 0.05) is 13.0 Å². The molecule has 0 aromatic carbocycles. The van der Waals surface area contributed by atoms with Gasteiger partial charge in [0.1, 0.15) is 5.41 Å². The lowest BCUT2D eigenvalue weighted by atomic mass is 9.75. The van der Waals surface area contributed by atoms with Crippen LogP contribution in [0.4, 0.5) is 0 Å². The van der Waals surface area contributed by atoms with E-state index < -0.39 is 17.4 Å². The van der Waals surface area contributed by atoms with E-state index in [4.69, 9.17) is 0 Å². The second-order valence-corrected chi connectivity index (χ2v) is 3.70. The predicted molar refractivity (Wildman–Crippen MR) is 45.0 cm³/mol. The van der Waals surface area contributed by atoms with E-state index in [1.807, 2.05) is 0 Å². The largest absolute Gasteiger partial charge is 0.392 e. The smallest absolute Gasteiger partial charge is 0.329 e. The molecule has 2 aliphatic heterocycles. The van der Waals surface area contributed by atoms with Crippen LogP contribution in [0.2, 0.25) is 0 Å². The molecular weight excluding hydrogens is 186 g/mol. The number of esters is 2. The summed E-state index contributed by atoms with van der Waals surface area (Å²) >= 11 is 0. The second kappa shape index (κ2) is 3.08. The predicted octanol–water partition coefficient (Wildman–Crippen LogP) is -0.254. The summed E-state index contributed by atoms with van der Waals surface area (Å²) in [6.45, 7) is 0.599. The third kappa shape index (κ3) is 1.20. The minimum Gasteiger partial charge on any atom is -0.392 e. The van der Waals surface area contributed by atoms with Gasteiger partial charge in [-0.15, -0.1) is 0 Å². The zero-order valence-corrected chi connectivity index (χ0v) is 7.67. The lowest BCUT2D eigenvalue weighted by molar-refractivity contribution is -0.177. The SMILES string of the molecule is O=C1CCC2(CCCNC2=O)C(=O)O1. The summed E-state index contributed by atoms with van der Waals surface area (Å²) < 4.78 is 4.51. The topological polar surface area (TPSA) is 72.5 Å². The van der Waals surface area contributed by atoms with Gasteiger partial charge in [0.2, 0.25) is 5.91 Å². The van der Waals surface area contributed by atoms with Crippen molar-refractivity contribution in [2.75, 3.05) is 6.54 Å². The molecule has 76 valence electrons. The fraction of sp³-hybridized carbons (Fsp3) is 0.667. The normalized spacial score (nSPS) is 32.7. The average Bonchev–Trinajstić information content (AvgIpc) is 2.15. The van der Waals surface area contributed by atoms with E-state index >= 15 is 0 Å². The number of carbonyl (C=O) groups is 3. The van der Waals surface area contributed by atoms with Crippen LogP contribution in [0.5, 0.6) is 0 Å². The summed E-state index contributed by atoms with van der Waals surface area (Å²) in [4.78, 5) is 33.9. The molecule has 5 nitrogen and oxygen atoms in total. The number of nitrogens with one attached hydrogen (secondary N) is 1. The highest BCUT2D eigenvalue weighted by molar-refractivity contribution is 6.07. The molecule has 1 atom stereocenters. The van der Waals surface area contributed by atoms with Crippen molar-refractivity contribution in [3.8, 4) is 0 Å². The first-order valence-corrected chi connectivity index (χ1v) is 4.68. The molecule has 2 heterocycles. The van der Waals surface area contributed by atoms with Crippen LogP contribution < -0.4 is 5.32 Å². The molecule has 0 radical (unpaired) electrons. The molecule has 0 aliphatic carbocycles. The number of ether oxygens (including phenoxy) is 1. The molecule has 1 spiro atoms. The average molecular weight is 197 g/mol. The van der Waals surface area contributed by atoms with E-state index in [0.29, 0.717) is 13.0 Å².